The number of nitrogens with two attached hydrogens (primary N) is 1. The van der Waals surface area contributed by atoms with Crippen LogP contribution in [-0.2, 0) is 0 Å². The number of aromatic nitrogens is 4. The molecule has 3 heterocycles. The van der Waals surface area contributed by atoms with Crippen molar-refractivity contribution in [3.05, 3.63) is 39.8 Å². The van der Waals surface area contributed by atoms with E-state index >= 15 is 0 Å². The predicted octanol–water partition coefficient (Wildman–Crippen LogP) is 4.16. The minimum Gasteiger partial charge on any atom is -0.493 e. The fraction of sp³-hybridized carbons (Fsp3) is 0.480. The first-order chi connectivity index (χ1) is 17.0. The molecule has 190 valence electrons. The molecule has 3 N–H and O–H groups in total. The van der Waals surface area contributed by atoms with Gasteiger partial charge < -0.3 is 20.7 Å². The molecular formula is C25H31ClN8O2. The van der Waals surface area contributed by atoms with Gasteiger partial charge in [-0.25, -0.2) is 19.4 Å². The molecule has 0 aliphatic carbocycles. The zero-order chi connectivity index (χ0) is 26.4. The quantitative estimate of drug-likeness (QED) is 0.526. The number of rotatable bonds is 5. The summed E-state index contributed by atoms with van der Waals surface area (Å²) in [6.07, 6.45) is 1.41. The van der Waals surface area contributed by atoms with Crippen LogP contribution in [0.3, 0.4) is 0 Å². The minimum absolute atomic E-state index is 0.0920. The van der Waals surface area contributed by atoms with Crippen LogP contribution < -0.4 is 15.8 Å². The van der Waals surface area contributed by atoms with Crippen molar-refractivity contribution in [3.63, 3.8) is 0 Å². The Morgan fingerprint density at radius 1 is 1.39 bits per heavy atom. The number of nitriles is 1. The van der Waals surface area contributed by atoms with Gasteiger partial charge in [0.1, 0.15) is 24.0 Å². The van der Waals surface area contributed by atoms with Gasteiger partial charge in [-0.1, -0.05) is 11.6 Å². The number of hydrogen-bond donors (Lipinski definition) is 2. The third kappa shape index (κ3) is 4.51. The van der Waals surface area contributed by atoms with Crippen LogP contribution in [0.4, 0.5) is 10.6 Å². The second-order valence-electron chi connectivity index (χ2n) is 10.1. The third-order valence-corrected chi connectivity index (χ3v) is 6.56. The Balaban J connectivity index is 1.78. The Bertz CT molecular complexity index is 1370. The minimum atomic E-state index is -0.341. The molecule has 1 aromatic carbocycles. The van der Waals surface area contributed by atoms with Crippen LogP contribution in [0.15, 0.2) is 12.4 Å². The van der Waals surface area contributed by atoms with E-state index in [0.29, 0.717) is 58.6 Å². The van der Waals surface area contributed by atoms with Crippen LogP contribution >= 0.6 is 11.6 Å². The van der Waals surface area contributed by atoms with Crippen LogP contribution in [0.5, 0.6) is 5.75 Å². The number of fused-ring (bicyclic) bond motifs is 1. The number of aryl methyl sites for hydroxylation is 1. The van der Waals surface area contributed by atoms with Crippen molar-refractivity contribution in [2.75, 3.05) is 25.4 Å². The van der Waals surface area contributed by atoms with Crippen LogP contribution in [0, 0.1) is 18.3 Å². The fourth-order valence-corrected chi connectivity index (χ4v) is 4.85. The molecule has 1 unspecified atom stereocenters. The molecule has 1 atom stereocenters. The van der Waals surface area contributed by atoms with E-state index in [2.05, 4.69) is 26.5 Å². The maximum Gasteiger partial charge on any atom is 0.317 e. The van der Waals surface area contributed by atoms with Gasteiger partial charge in [0.15, 0.2) is 5.65 Å². The van der Waals surface area contributed by atoms with Gasteiger partial charge >= 0.3 is 6.03 Å². The summed E-state index contributed by atoms with van der Waals surface area (Å²) in [5.74, 6) is 0.864. The van der Waals surface area contributed by atoms with Gasteiger partial charge in [-0.3, -0.25) is 0 Å². The number of urea groups is 1. The zero-order valence-electron chi connectivity index (χ0n) is 21.4. The largest absolute Gasteiger partial charge is 0.493 e. The van der Waals surface area contributed by atoms with Crippen LogP contribution in [0.1, 0.15) is 69.0 Å². The van der Waals surface area contributed by atoms with Gasteiger partial charge in [-0.05, 0) is 47.6 Å². The highest BCUT2D eigenvalue weighted by Gasteiger charge is 2.38. The number of carbonyl (C=O) groups is 1. The highest BCUT2D eigenvalue weighted by molar-refractivity contribution is 6.32. The number of ether oxygens (including phenoxy) is 1. The number of hydrogen-bond acceptors (Lipinski definition) is 7. The summed E-state index contributed by atoms with van der Waals surface area (Å²) in [5.41, 5.74) is 8.92. The first-order valence-electron chi connectivity index (χ1n) is 11.9. The SMILES string of the molecule is CCOc1c(C(C)n2nc(C)c3c(N)ncnc32)cc(Cl)c(C#N)c1C1CN(C(=O)NC(C)(C)C)C1. The molecule has 1 aliphatic heterocycles. The summed E-state index contributed by atoms with van der Waals surface area (Å²) in [4.78, 5) is 22.9. The first kappa shape index (κ1) is 25.5. The Morgan fingerprint density at radius 3 is 2.69 bits per heavy atom. The molecule has 10 nitrogen and oxygen atoms in total. The van der Waals surface area contributed by atoms with Crippen LogP contribution in [0.2, 0.25) is 5.02 Å². The number of anilines is 1. The lowest BCUT2D eigenvalue weighted by molar-refractivity contribution is 0.142. The average Bonchev–Trinajstić information content (AvgIpc) is 3.10. The normalized spacial score (nSPS) is 14.9. The molecule has 1 fully saturated rings. The summed E-state index contributed by atoms with van der Waals surface area (Å²) < 4.78 is 7.93. The van der Waals surface area contributed by atoms with Crippen molar-refractivity contribution >= 4 is 34.5 Å². The molecule has 1 aliphatic rings. The van der Waals surface area contributed by atoms with Crippen molar-refractivity contribution < 1.29 is 9.53 Å². The molecule has 1 saturated heterocycles. The van der Waals surface area contributed by atoms with E-state index < -0.39 is 0 Å². The monoisotopic (exact) mass is 510 g/mol. The van der Waals surface area contributed by atoms with Crippen molar-refractivity contribution in [2.24, 2.45) is 0 Å². The highest BCUT2D eigenvalue weighted by Crippen LogP contribution is 2.44. The Kier molecular flexibility index (Phi) is 6.71. The molecule has 0 bridgehead atoms. The number of nitrogen functional groups attached to an aromatic ring is 1. The second-order valence-corrected chi connectivity index (χ2v) is 10.5. The van der Waals surface area contributed by atoms with E-state index in [-0.39, 0.29) is 23.5 Å². The van der Waals surface area contributed by atoms with Gasteiger partial charge in [0.05, 0.1) is 34.3 Å². The van der Waals surface area contributed by atoms with E-state index in [4.69, 9.17) is 22.1 Å². The molecular weight excluding hydrogens is 480 g/mol. The molecule has 36 heavy (non-hydrogen) atoms. The Morgan fingerprint density at radius 2 is 2.08 bits per heavy atom. The van der Waals surface area contributed by atoms with Crippen molar-refractivity contribution in [2.45, 2.75) is 59.0 Å². The van der Waals surface area contributed by atoms with Crippen molar-refractivity contribution in [1.29, 1.82) is 5.26 Å². The summed E-state index contributed by atoms with van der Waals surface area (Å²) in [6.45, 7) is 12.8. The number of halogens is 1. The molecule has 2 amide bonds. The smallest absolute Gasteiger partial charge is 0.317 e. The van der Waals surface area contributed by atoms with Gasteiger partial charge in [0.2, 0.25) is 0 Å². The number of carbonyl (C=O) groups excluding carboxylic acids is 1. The number of benzene rings is 1. The van der Waals surface area contributed by atoms with E-state index in [9.17, 15) is 10.1 Å². The predicted molar refractivity (Wildman–Crippen MR) is 138 cm³/mol. The number of nitrogens with zero attached hydrogens (tertiary/aromatic N) is 6. The Hall–Kier alpha value is -3.58. The first-order valence-corrected chi connectivity index (χ1v) is 12.3. The van der Waals surface area contributed by atoms with E-state index in [0.717, 1.165) is 11.1 Å². The second kappa shape index (κ2) is 9.47. The Labute approximate surface area is 215 Å². The summed E-state index contributed by atoms with van der Waals surface area (Å²) in [5, 5.41) is 18.7. The van der Waals surface area contributed by atoms with E-state index in [1.807, 2.05) is 41.5 Å². The molecule has 3 aromatic rings. The molecule has 0 spiro atoms. The standard InChI is InChI=1S/C25H31ClN8O2/c1-7-36-21-16(14(3)34-23-19(13(2)32-34)22(28)29-12-30-23)8-18(26)17(9-27)20(21)15-10-33(11-15)24(35)31-25(4,5)6/h8,12,14-15H,7,10-11H2,1-6H3,(H,31,35)(H2,28,29,30). The number of amides is 2. The molecule has 0 radical (unpaired) electrons. The summed E-state index contributed by atoms with van der Waals surface area (Å²) in [7, 11) is 0. The van der Waals surface area contributed by atoms with Crippen molar-refractivity contribution in [1.82, 2.24) is 30.0 Å². The molecule has 0 saturated carbocycles. The van der Waals surface area contributed by atoms with E-state index in [1.54, 1.807) is 15.6 Å². The molecule has 2 aromatic heterocycles. The van der Waals surface area contributed by atoms with Gasteiger partial charge in [0, 0.05) is 35.7 Å². The maximum absolute atomic E-state index is 12.6. The van der Waals surface area contributed by atoms with Gasteiger partial charge in [-0.2, -0.15) is 10.4 Å². The average molecular weight is 511 g/mol. The maximum atomic E-state index is 12.6. The third-order valence-electron chi connectivity index (χ3n) is 6.27. The number of likely N-dealkylation sites (tertiary alicyclic amines) is 1. The van der Waals surface area contributed by atoms with Crippen molar-refractivity contribution in [3.8, 4) is 11.8 Å². The van der Waals surface area contributed by atoms with Crippen LogP contribution in [-0.4, -0.2) is 55.9 Å². The summed E-state index contributed by atoms with van der Waals surface area (Å²) in [6, 6.07) is 3.54. The lowest BCUT2D eigenvalue weighted by Crippen LogP contribution is -2.56. The topological polar surface area (TPSA) is 135 Å². The zero-order valence-corrected chi connectivity index (χ0v) is 22.1. The molecule has 11 heteroatoms. The van der Waals surface area contributed by atoms with Gasteiger partial charge in [-0.15, -0.1) is 0 Å². The lowest BCUT2D eigenvalue weighted by Gasteiger charge is -2.42. The summed E-state index contributed by atoms with van der Waals surface area (Å²) >= 11 is 6.65. The lowest BCUT2D eigenvalue weighted by atomic mass is 9.85. The van der Waals surface area contributed by atoms with E-state index in [1.165, 1.54) is 6.33 Å². The van der Waals surface area contributed by atoms with Crippen LogP contribution in [0.25, 0.3) is 11.0 Å². The molecule has 4 rings (SSSR count). The number of nitrogens with one attached hydrogen (secondary N) is 1. The highest BCUT2D eigenvalue weighted by atomic mass is 35.5. The van der Waals surface area contributed by atoms with Gasteiger partial charge in [0.25, 0.3) is 0 Å². The fourth-order valence-electron chi connectivity index (χ4n) is 4.59.